The lowest BCUT2D eigenvalue weighted by Crippen LogP contribution is -2.34. The van der Waals surface area contributed by atoms with E-state index in [1.807, 2.05) is 6.92 Å². The number of aromatic nitrogens is 3. The SMILES string of the molecule is Cc1cc(C)n(NC(=O)c2cccc(Cn3cc(Br)c([N+](=O)[O-])n3)c2)c(=O)c1. The van der Waals surface area contributed by atoms with Crippen LogP contribution < -0.4 is 11.0 Å². The lowest BCUT2D eigenvalue weighted by atomic mass is 10.1. The van der Waals surface area contributed by atoms with Crippen LogP contribution in [0, 0.1) is 24.0 Å². The summed E-state index contributed by atoms with van der Waals surface area (Å²) in [6.45, 7) is 3.78. The van der Waals surface area contributed by atoms with Crippen LogP contribution in [0.4, 0.5) is 5.82 Å². The number of nitrogens with zero attached hydrogens (tertiary/aromatic N) is 4. The fraction of sp³-hybridized carbons (Fsp3) is 0.167. The molecule has 28 heavy (non-hydrogen) atoms. The third kappa shape index (κ3) is 4.17. The predicted octanol–water partition coefficient (Wildman–Crippen LogP) is 2.76. The molecule has 9 nitrogen and oxygen atoms in total. The van der Waals surface area contributed by atoms with E-state index in [4.69, 9.17) is 0 Å². The second-order valence-electron chi connectivity index (χ2n) is 6.24. The van der Waals surface area contributed by atoms with Crippen LogP contribution in [0.2, 0.25) is 0 Å². The second-order valence-corrected chi connectivity index (χ2v) is 7.10. The Morgan fingerprint density at radius 1 is 1.29 bits per heavy atom. The molecule has 2 heterocycles. The van der Waals surface area contributed by atoms with E-state index >= 15 is 0 Å². The number of carbonyl (C=O) groups is 1. The molecule has 1 aromatic carbocycles. The van der Waals surface area contributed by atoms with Gasteiger partial charge < -0.3 is 10.1 Å². The van der Waals surface area contributed by atoms with Crippen LogP contribution in [0.1, 0.15) is 27.2 Å². The number of benzene rings is 1. The van der Waals surface area contributed by atoms with Crippen molar-refractivity contribution in [3.8, 4) is 0 Å². The normalized spacial score (nSPS) is 10.7. The molecule has 0 aliphatic heterocycles. The Bertz CT molecular complexity index is 1140. The molecule has 0 aliphatic carbocycles. The van der Waals surface area contributed by atoms with Crippen LogP contribution >= 0.6 is 15.9 Å². The van der Waals surface area contributed by atoms with E-state index in [-0.39, 0.29) is 22.4 Å². The highest BCUT2D eigenvalue weighted by Crippen LogP contribution is 2.22. The van der Waals surface area contributed by atoms with Crippen LogP contribution in [0.3, 0.4) is 0 Å². The Morgan fingerprint density at radius 2 is 2.04 bits per heavy atom. The van der Waals surface area contributed by atoms with Crippen LogP contribution in [-0.2, 0) is 6.54 Å². The van der Waals surface area contributed by atoms with Crippen molar-refractivity contribution < 1.29 is 9.72 Å². The summed E-state index contributed by atoms with van der Waals surface area (Å²) in [5.41, 5.74) is 4.77. The van der Waals surface area contributed by atoms with Crippen molar-refractivity contribution >= 4 is 27.7 Å². The minimum absolute atomic E-state index is 0.247. The summed E-state index contributed by atoms with van der Waals surface area (Å²) in [5, 5.41) is 14.8. The highest BCUT2D eigenvalue weighted by atomic mass is 79.9. The van der Waals surface area contributed by atoms with Gasteiger partial charge >= 0.3 is 5.82 Å². The van der Waals surface area contributed by atoms with Gasteiger partial charge in [-0.05, 0) is 64.0 Å². The van der Waals surface area contributed by atoms with Crippen molar-refractivity contribution in [2.24, 2.45) is 0 Å². The number of pyridine rings is 1. The van der Waals surface area contributed by atoms with Gasteiger partial charge in [0, 0.05) is 17.3 Å². The molecule has 0 atom stereocenters. The number of aryl methyl sites for hydroxylation is 2. The molecule has 0 saturated heterocycles. The van der Waals surface area contributed by atoms with Gasteiger partial charge in [0.05, 0.1) is 17.8 Å². The molecule has 10 heteroatoms. The van der Waals surface area contributed by atoms with Gasteiger partial charge in [-0.25, -0.2) is 4.68 Å². The molecule has 144 valence electrons. The molecule has 0 fully saturated rings. The molecule has 1 N–H and O–H groups in total. The summed E-state index contributed by atoms with van der Waals surface area (Å²) in [7, 11) is 0. The smallest absolute Gasteiger partial charge is 0.358 e. The number of rotatable bonds is 5. The van der Waals surface area contributed by atoms with Gasteiger partial charge in [0.25, 0.3) is 11.5 Å². The largest absolute Gasteiger partial charge is 0.404 e. The number of nitro groups is 1. The van der Waals surface area contributed by atoms with Crippen molar-refractivity contribution in [2.75, 3.05) is 5.43 Å². The molecule has 0 radical (unpaired) electrons. The number of hydrogen-bond acceptors (Lipinski definition) is 5. The third-order valence-corrected chi connectivity index (χ3v) is 4.54. The quantitative estimate of drug-likeness (QED) is 0.479. The maximum atomic E-state index is 12.6. The Morgan fingerprint density at radius 3 is 2.68 bits per heavy atom. The Kier molecular flexibility index (Phi) is 5.41. The molecule has 2 aromatic heterocycles. The number of carbonyl (C=O) groups excluding carboxylic acids is 1. The molecule has 0 saturated carbocycles. The summed E-state index contributed by atoms with van der Waals surface area (Å²) in [5.74, 6) is -0.716. The van der Waals surface area contributed by atoms with Crippen LogP contribution in [0.25, 0.3) is 0 Å². The second kappa shape index (κ2) is 7.77. The minimum atomic E-state index is -0.577. The Hall–Kier alpha value is -3.27. The van der Waals surface area contributed by atoms with Crippen molar-refractivity contribution in [1.29, 1.82) is 0 Å². The summed E-state index contributed by atoms with van der Waals surface area (Å²) in [6.07, 6.45) is 1.50. The number of amides is 1. The number of halogens is 1. The van der Waals surface area contributed by atoms with E-state index in [9.17, 15) is 19.7 Å². The zero-order chi connectivity index (χ0) is 20.4. The molecule has 0 unspecified atom stereocenters. The van der Waals surface area contributed by atoms with E-state index < -0.39 is 10.8 Å². The van der Waals surface area contributed by atoms with E-state index in [1.54, 1.807) is 37.3 Å². The van der Waals surface area contributed by atoms with Gasteiger partial charge in [-0.2, -0.15) is 4.68 Å². The zero-order valence-corrected chi connectivity index (χ0v) is 16.6. The first-order valence-corrected chi connectivity index (χ1v) is 9.02. The predicted molar refractivity (Wildman–Crippen MR) is 106 cm³/mol. The molecule has 3 aromatic rings. The summed E-state index contributed by atoms with van der Waals surface area (Å²) >= 11 is 3.10. The van der Waals surface area contributed by atoms with E-state index in [0.29, 0.717) is 11.3 Å². The number of nitrogens with one attached hydrogen (secondary N) is 1. The summed E-state index contributed by atoms with van der Waals surface area (Å²) < 4.78 is 2.88. The third-order valence-electron chi connectivity index (χ3n) is 3.98. The first kappa shape index (κ1) is 19.5. The average molecular weight is 446 g/mol. The van der Waals surface area contributed by atoms with Crippen LogP contribution in [-0.4, -0.2) is 25.3 Å². The fourth-order valence-electron chi connectivity index (χ4n) is 2.77. The lowest BCUT2D eigenvalue weighted by Gasteiger charge is -2.12. The number of hydrogen-bond donors (Lipinski definition) is 1. The molecular weight excluding hydrogens is 430 g/mol. The van der Waals surface area contributed by atoms with Crippen molar-refractivity contribution in [3.05, 3.63) is 89.9 Å². The topological polar surface area (TPSA) is 112 Å². The van der Waals surface area contributed by atoms with Crippen LogP contribution in [0.15, 0.2) is 51.9 Å². The van der Waals surface area contributed by atoms with E-state index in [0.717, 1.165) is 11.1 Å². The molecule has 0 bridgehead atoms. The Labute approximate surface area is 167 Å². The lowest BCUT2D eigenvalue weighted by molar-refractivity contribution is -0.390. The first-order valence-electron chi connectivity index (χ1n) is 8.22. The van der Waals surface area contributed by atoms with Gasteiger partial charge in [0.2, 0.25) is 0 Å². The maximum Gasteiger partial charge on any atom is 0.404 e. The van der Waals surface area contributed by atoms with Gasteiger partial charge in [-0.3, -0.25) is 15.0 Å². The molecule has 0 spiro atoms. The molecule has 0 aliphatic rings. The molecule has 1 amide bonds. The van der Waals surface area contributed by atoms with Gasteiger partial charge in [-0.1, -0.05) is 12.1 Å². The van der Waals surface area contributed by atoms with Gasteiger partial charge in [-0.15, -0.1) is 0 Å². The first-order chi connectivity index (χ1) is 13.2. The molecule has 3 rings (SSSR count). The highest BCUT2D eigenvalue weighted by molar-refractivity contribution is 9.10. The van der Waals surface area contributed by atoms with Gasteiger partial charge in [0.1, 0.15) is 4.47 Å². The minimum Gasteiger partial charge on any atom is -0.358 e. The standard InChI is InChI=1S/C18H16BrN5O4/c1-11-6-12(2)23(16(25)7-11)21-18(26)14-5-3-4-13(8-14)9-22-10-15(19)17(20-22)24(27)28/h3-8,10H,9H2,1-2H3,(H,21,26). The van der Waals surface area contributed by atoms with E-state index in [2.05, 4.69) is 26.5 Å². The summed E-state index contributed by atoms with van der Waals surface area (Å²) in [6, 6.07) is 9.97. The highest BCUT2D eigenvalue weighted by Gasteiger charge is 2.19. The monoisotopic (exact) mass is 445 g/mol. The van der Waals surface area contributed by atoms with Crippen molar-refractivity contribution in [2.45, 2.75) is 20.4 Å². The van der Waals surface area contributed by atoms with E-state index in [1.165, 1.54) is 21.6 Å². The van der Waals surface area contributed by atoms with Crippen molar-refractivity contribution in [1.82, 2.24) is 14.5 Å². The van der Waals surface area contributed by atoms with Crippen molar-refractivity contribution in [3.63, 3.8) is 0 Å². The zero-order valence-electron chi connectivity index (χ0n) is 15.0. The maximum absolute atomic E-state index is 12.6. The summed E-state index contributed by atoms with van der Waals surface area (Å²) in [4.78, 5) is 35.0. The van der Waals surface area contributed by atoms with Crippen LogP contribution in [0.5, 0.6) is 0 Å². The Balaban J connectivity index is 1.81. The molecular formula is C18H16BrN5O4. The van der Waals surface area contributed by atoms with Gasteiger partial charge in [0.15, 0.2) is 0 Å². The fourth-order valence-corrected chi connectivity index (χ4v) is 3.23. The average Bonchev–Trinajstić information content (AvgIpc) is 2.98.